The van der Waals surface area contributed by atoms with Gasteiger partial charge in [0.2, 0.25) is 0 Å². The van der Waals surface area contributed by atoms with Gasteiger partial charge in [-0.15, -0.1) is 0 Å². The van der Waals surface area contributed by atoms with E-state index >= 15 is 0 Å². The number of hydrogen-bond acceptors (Lipinski definition) is 3. The van der Waals surface area contributed by atoms with E-state index in [0.717, 1.165) is 6.54 Å². The van der Waals surface area contributed by atoms with E-state index in [0.29, 0.717) is 0 Å². The van der Waals surface area contributed by atoms with Crippen LogP contribution < -0.4 is 0 Å². The topological polar surface area (TPSA) is 18.8 Å². The van der Waals surface area contributed by atoms with Crippen LogP contribution in [0.3, 0.4) is 0 Å². The maximum atomic E-state index is 4.33. The predicted molar refractivity (Wildman–Crippen MR) is 57.8 cm³/mol. The van der Waals surface area contributed by atoms with E-state index in [1.54, 1.807) is 0 Å². The maximum Gasteiger partial charge on any atom is 0.145 e. The fourth-order valence-corrected chi connectivity index (χ4v) is 1.77. The summed E-state index contributed by atoms with van der Waals surface area (Å²) in [7, 11) is 2.05. The summed E-state index contributed by atoms with van der Waals surface area (Å²) in [5.41, 5.74) is 1.29. The molecule has 14 heavy (non-hydrogen) atoms. The molecule has 1 aliphatic rings. The molecule has 0 bridgehead atoms. The molecule has 1 aromatic rings. The van der Waals surface area contributed by atoms with Gasteiger partial charge in [0.25, 0.3) is 0 Å². The quantitative estimate of drug-likeness (QED) is 0.707. The first-order valence-electron chi connectivity index (χ1n) is 4.90. The number of benzene rings is 1. The Bertz CT molecular complexity index is 321. The molecule has 0 saturated heterocycles. The monoisotopic (exact) mass is 189 g/mol. The number of rotatable bonds is 2. The summed E-state index contributed by atoms with van der Waals surface area (Å²) >= 11 is 0. The highest BCUT2D eigenvalue weighted by Crippen LogP contribution is 2.26. The third kappa shape index (κ3) is 1.45. The summed E-state index contributed by atoms with van der Waals surface area (Å²) in [6.45, 7) is 3.05. The lowest BCUT2D eigenvalue weighted by molar-refractivity contribution is 0.156. The molecule has 0 N–H and O–H groups in total. The van der Waals surface area contributed by atoms with Crippen molar-refractivity contribution in [2.24, 2.45) is 5.10 Å². The number of nitrogens with zero attached hydrogens (tertiary/aromatic N) is 3. The molecule has 0 radical (unpaired) electrons. The fourth-order valence-electron chi connectivity index (χ4n) is 1.77. The van der Waals surface area contributed by atoms with Crippen LogP contribution >= 0.6 is 0 Å². The van der Waals surface area contributed by atoms with Crippen molar-refractivity contribution in [1.29, 1.82) is 0 Å². The van der Waals surface area contributed by atoms with E-state index in [9.17, 15) is 0 Å². The smallest absolute Gasteiger partial charge is 0.145 e. The van der Waals surface area contributed by atoms with Gasteiger partial charge in [-0.05, 0) is 12.5 Å². The van der Waals surface area contributed by atoms with Crippen molar-refractivity contribution in [3.05, 3.63) is 35.9 Å². The highest BCUT2D eigenvalue weighted by atomic mass is 15.6. The summed E-state index contributed by atoms with van der Waals surface area (Å²) in [4.78, 5) is 2.12. The van der Waals surface area contributed by atoms with Gasteiger partial charge in [-0.1, -0.05) is 30.3 Å². The van der Waals surface area contributed by atoms with E-state index in [1.165, 1.54) is 5.56 Å². The van der Waals surface area contributed by atoms with Crippen LogP contribution in [0.15, 0.2) is 35.4 Å². The van der Waals surface area contributed by atoms with Gasteiger partial charge < -0.3 is 4.90 Å². The summed E-state index contributed by atoms with van der Waals surface area (Å²) in [5, 5.41) is 6.41. The lowest BCUT2D eigenvalue weighted by Crippen LogP contribution is -2.28. The van der Waals surface area contributed by atoms with Crippen LogP contribution in [0.5, 0.6) is 0 Å². The molecule has 0 amide bonds. The maximum absolute atomic E-state index is 4.33. The van der Waals surface area contributed by atoms with Crippen LogP contribution in [-0.2, 0) is 0 Å². The number of hydrogen-bond donors (Lipinski definition) is 0. The molecule has 0 aromatic heterocycles. The Labute approximate surface area is 84.6 Å². The van der Waals surface area contributed by atoms with E-state index in [2.05, 4.69) is 53.2 Å². The third-order valence-corrected chi connectivity index (χ3v) is 2.47. The second kappa shape index (κ2) is 3.70. The first-order valence-corrected chi connectivity index (χ1v) is 4.90. The molecular weight excluding hydrogens is 174 g/mol. The summed E-state index contributed by atoms with van der Waals surface area (Å²) in [5.74, 6) is 0. The summed E-state index contributed by atoms with van der Waals surface area (Å²) in [6, 6.07) is 10.4. The Kier molecular flexibility index (Phi) is 2.39. The minimum Gasteiger partial charge on any atom is -0.339 e. The van der Waals surface area contributed by atoms with Crippen molar-refractivity contribution in [2.75, 3.05) is 13.6 Å². The molecule has 74 valence electrons. The highest BCUT2D eigenvalue weighted by Gasteiger charge is 2.24. The van der Waals surface area contributed by atoms with Gasteiger partial charge in [0, 0.05) is 13.6 Å². The van der Waals surface area contributed by atoms with Crippen molar-refractivity contribution in [3.8, 4) is 0 Å². The summed E-state index contributed by atoms with van der Waals surface area (Å²) in [6.07, 6.45) is 2.14. The van der Waals surface area contributed by atoms with Gasteiger partial charge in [-0.25, -0.2) is 0 Å². The Morgan fingerprint density at radius 3 is 2.64 bits per heavy atom. The summed E-state index contributed by atoms with van der Waals surface area (Å²) < 4.78 is 0. The first-order chi connectivity index (χ1) is 6.83. The molecule has 1 heterocycles. The van der Waals surface area contributed by atoms with E-state index < -0.39 is 0 Å². The molecule has 1 atom stereocenters. The molecular formula is C11H15N3. The van der Waals surface area contributed by atoms with Crippen LogP contribution in [0.25, 0.3) is 0 Å². The van der Waals surface area contributed by atoms with Crippen LogP contribution in [0.2, 0.25) is 0 Å². The molecule has 0 saturated carbocycles. The normalized spacial score (nSPS) is 20.6. The van der Waals surface area contributed by atoms with Crippen molar-refractivity contribution in [1.82, 2.24) is 9.91 Å². The van der Waals surface area contributed by atoms with Crippen molar-refractivity contribution in [3.63, 3.8) is 0 Å². The van der Waals surface area contributed by atoms with Gasteiger partial charge in [0.05, 0.1) is 0 Å². The lowest BCUT2D eigenvalue weighted by Gasteiger charge is -2.27. The molecule has 0 spiro atoms. The second-order valence-electron chi connectivity index (χ2n) is 3.44. The van der Waals surface area contributed by atoms with E-state index in [4.69, 9.17) is 0 Å². The molecule has 1 aromatic carbocycles. The van der Waals surface area contributed by atoms with Crippen LogP contribution in [0.1, 0.15) is 18.7 Å². The molecule has 1 unspecified atom stereocenters. The third-order valence-electron chi connectivity index (χ3n) is 2.47. The lowest BCUT2D eigenvalue weighted by atomic mass is 10.1. The number of hydrazone groups is 1. The Morgan fingerprint density at radius 1 is 1.29 bits per heavy atom. The van der Waals surface area contributed by atoms with Gasteiger partial charge >= 0.3 is 0 Å². The average Bonchev–Trinajstić information content (AvgIpc) is 2.61. The SMILES string of the molecule is CCN1N=CN(C)C1c1ccccc1. The molecule has 0 fully saturated rings. The average molecular weight is 189 g/mol. The molecule has 3 heteroatoms. The first kappa shape index (κ1) is 9.06. The van der Waals surface area contributed by atoms with Crippen molar-refractivity contribution >= 4 is 6.34 Å². The molecule has 2 rings (SSSR count). The van der Waals surface area contributed by atoms with Gasteiger partial charge in [0.15, 0.2) is 0 Å². The predicted octanol–water partition coefficient (Wildman–Crippen LogP) is 1.90. The van der Waals surface area contributed by atoms with Crippen LogP contribution in [0, 0.1) is 0 Å². The molecule has 1 aliphatic heterocycles. The standard InChI is InChI=1S/C11H15N3/c1-3-14-11(13(2)9-12-14)10-7-5-4-6-8-10/h4-9,11H,3H2,1-2H3. The zero-order chi connectivity index (χ0) is 9.97. The minimum atomic E-state index is 0.265. The van der Waals surface area contributed by atoms with Gasteiger partial charge in [0.1, 0.15) is 12.5 Å². The Balaban J connectivity index is 2.26. The van der Waals surface area contributed by atoms with E-state index in [1.807, 2.05) is 12.4 Å². The second-order valence-corrected chi connectivity index (χ2v) is 3.44. The van der Waals surface area contributed by atoms with Crippen LogP contribution in [-0.4, -0.2) is 29.8 Å². The minimum absolute atomic E-state index is 0.265. The Morgan fingerprint density at radius 2 is 2.00 bits per heavy atom. The zero-order valence-corrected chi connectivity index (χ0v) is 8.59. The van der Waals surface area contributed by atoms with Gasteiger partial charge in [-0.2, -0.15) is 5.10 Å². The molecule has 3 nitrogen and oxygen atoms in total. The zero-order valence-electron chi connectivity index (χ0n) is 8.59. The van der Waals surface area contributed by atoms with Crippen molar-refractivity contribution in [2.45, 2.75) is 13.1 Å². The largest absolute Gasteiger partial charge is 0.339 e. The molecule has 0 aliphatic carbocycles. The van der Waals surface area contributed by atoms with Crippen molar-refractivity contribution < 1.29 is 0 Å². The van der Waals surface area contributed by atoms with Gasteiger partial charge in [-0.3, -0.25) is 5.01 Å². The highest BCUT2D eigenvalue weighted by molar-refractivity contribution is 5.57. The van der Waals surface area contributed by atoms with Crippen LogP contribution in [0.4, 0.5) is 0 Å². The fraction of sp³-hybridized carbons (Fsp3) is 0.364. The van der Waals surface area contributed by atoms with E-state index in [-0.39, 0.29) is 6.17 Å². The Hall–Kier alpha value is -1.51.